The summed E-state index contributed by atoms with van der Waals surface area (Å²) in [5.74, 6) is -0.112. The fourth-order valence-corrected chi connectivity index (χ4v) is 3.54. The number of carbonyl (C=O) groups is 2. The van der Waals surface area contributed by atoms with E-state index in [0.29, 0.717) is 19.0 Å². The maximum absolute atomic E-state index is 12.2. The van der Waals surface area contributed by atoms with Crippen LogP contribution in [-0.2, 0) is 16.1 Å². The fraction of sp³-hybridized carbons (Fsp3) is 0.733. The van der Waals surface area contributed by atoms with Crippen LogP contribution in [0.4, 0.5) is 0 Å². The average molecular weight is 323 g/mol. The Labute approximate surface area is 133 Å². The predicted molar refractivity (Wildman–Crippen MR) is 79.3 cm³/mol. The Balaban J connectivity index is 1.52. The van der Waals surface area contributed by atoms with E-state index in [2.05, 4.69) is 15.1 Å². The average Bonchev–Trinajstić information content (AvgIpc) is 2.95. The molecule has 0 radical (unpaired) electrons. The molecule has 8 heteroatoms. The number of hydrogen-bond acceptors (Lipinski definition) is 4. The van der Waals surface area contributed by atoms with Gasteiger partial charge in [0.2, 0.25) is 5.91 Å². The van der Waals surface area contributed by atoms with E-state index in [1.165, 1.54) is 36.6 Å². The van der Waals surface area contributed by atoms with Crippen molar-refractivity contribution in [2.75, 3.05) is 6.54 Å². The van der Waals surface area contributed by atoms with E-state index in [1.54, 1.807) is 0 Å². The highest BCUT2D eigenvalue weighted by Crippen LogP contribution is 2.25. The lowest BCUT2D eigenvalue weighted by atomic mass is 10.1. The minimum absolute atomic E-state index is 0.0279. The molecule has 2 heterocycles. The standard InChI is InChI=1S/C15H22N4O4/c20-13(9-18-10-15(22)23-17-18)16-11-7-14(21)19(8-11)12-5-3-1-2-4-6-12/h10-12H,1-9H2,(H-,16,17,20,22)/p+1. The third-order valence-corrected chi connectivity index (χ3v) is 4.63. The van der Waals surface area contributed by atoms with Crippen molar-refractivity contribution >= 4 is 11.8 Å². The maximum Gasteiger partial charge on any atom is 0.426 e. The molecule has 1 atom stereocenters. The summed E-state index contributed by atoms with van der Waals surface area (Å²) >= 11 is 0. The molecule has 1 saturated heterocycles. The molecule has 2 fully saturated rings. The van der Waals surface area contributed by atoms with Crippen LogP contribution in [0, 0.1) is 0 Å². The second-order valence-electron chi connectivity index (χ2n) is 6.43. The smallest absolute Gasteiger partial charge is 0.345 e. The third kappa shape index (κ3) is 4.00. The fourth-order valence-electron chi connectivity index (χ4n) is 3.54. The van der Waals surface area contributed by atoms with Gasteiger partial charge in [-0.1, -0.05) is 30.4 Å². The number of carbonyl (C=O) groups excluding carboxylic acids is 2. The number of H-pyrrole nitrogens is 1. The van der Waals surface area contributed by atoms with Crippen LogP contribution in [0.3, 0.4) is 0 Å². The van der Waals surface area contributed by atoms with Crippen molar-refractivity contribution < 1.29 is 18.8 Å². The molecule has 8 nitrogen and oxygen atoms in total. The van der Waals surface area contributed by atoms with Gasteiger partial charge in [-0.25, -0.2) is 4.79 Å². The molecule has 1 aromatic heterocycles. The highest BCUT2D eigenvalue weighted by molar-refractivity contribution is 5.82. The van der Waals surface area contributed by atoms with Gasteiger partial charge in [0.15, 0.2) is 0 Å². The quantitative estimate of drug-likeness (QED) is 0.587. The molecule has 0 spiro atoms. The molecule has 1 aromatic rings. The highest BCUT2D eigenvalue weighted by Gasteiger charge is 2.35. The van der Waals surface area contributed by atoms with Gasteiger partial charge in [0.1, 0.15) is 0 Å². The Morgan fingerprint density at radius 3 is 2.70 bits per heavy atom. The van der Waals surface area contributed by atoms with Gasteiger partial charge in [0.25, 0.3) is 18.6 Å². The van der Waals surface area contributed by atoms with Crippen molar-refractivity contribution in [2.24, 2.45) is 0 Å². The van der Waals surface area contributed by atoms with Crippen LogP contribution in [0.2, 0.25) is 0 Å². The molecule has 1 aliphatic carbocycles. The van der Waals surface area contributed by atoms with E-state index < -0.39 is 5.63 Å². The molecule has 0 aromatic carbocycles. The normalized spacial score (nSPS) is 23.0. The Kier molecular flexibility index (Phi) is 4.78. The van der Waals surface area contributed by atoms with Crippen LogP contribution in [0.15, 0.2) is 15.5 Å². The number of aromatic nitrogens is 2. The second-order valence-corrected chi connectivity index (χ2v) is 6.43. The molecule has 23 heavy (non-hydrogen) atoms. The Morgan fingerprint density at radius 2 is 2.04 bits per heavy atom. The van der Waals surface area contributed by atoms with Gasteiger partial charge >= 0.3 is 5.63 Å². The zero-order chi connectivity index (χ0) is 16.2. The summed E-state index contributed by atoms with van der Waals surface area (Å²) in [6.07, 6.45) is 8.52. The molecule has 0 bridgehead atoms. The third-order valence-electron chi connectivity index (χ3n) is 4.63. The van der Waals surface area contributed by atoms with E-state index in [1.807, 2.05) is 4.90 Å². The first-order valence-corrected chi connectivity index (χ1v) is 8.28. The van der Waals surface area contributed by atoms with E-state index in [-0.39, 0.29) is 24.4 Å². The summed E-state index contributed by atoms with van der Waals surface area (Å²) in [7, 11) is 0. The zero-order valence-corrected chi connectivity index (χ0v) is 13.1. The van der Waals surface area contributed by atoms with E-state index >= 15 is 0 Å². The summed E-state index contributed by atoms with van der Waals surface area (Å²) in [6.45, 7) is 0.557. The van der Waals surface area contributed by atoms with Crippen molar-refractivity contribution in [1.29, 1.82) is 0 Å². The zero-order valence-electron chi connectivity index (χ0n) is 13.1. The number of rotatable bonds is 4. The molecule has 2 amide bonds. The molecule has 2 N–H and O–H groups in total. The molecule has 1 aliphatic heterocycles. The molecule has 2 aliphatic rings. The Hall–Kier alpha value is -2.12. The van der Waals surface area contributed by atoms with Crippen molar-refractivity contribution in [3.8, 4) is 0 Å². The van der Waals surface area contributed by atoms with Gasteiger partial charge in [-0.05, 0) is 18.1 Å². The van der Waals surface area contributed by atoms with Gasteiger partial charge in [0, 0.05) is 19.0 Å². The van der Waals surface area contributed by atoms with Crippen molar-refractivity contribution in [3.63, 3.8) is 0 Å². The van der Waals surface area contributed by atoms with Crippen LogP contribution < -0.4 is 15.6 Å². The number of aromatic amines is 1. The molecule has 126 valence electrons. The first-order valence-electron chi connectivity index (χ1n) is 8.28. The lowest BCUT2D eigenvalue weighted by molar-refractivity contribution is -0.751. The number of likely N-dealkylation sites (tertiary alicyclic amines) is 1. The molecule has 3 rings (SSSR count). The summed E-state index contributed by atoms with van der Waals surface area (Å²) in [4.78, 5) is 37.1. The summed E-state index contributed by atoms with van der Waals surface area (Å²) in [5.41, 5.74) is -0.534. The van der Waals surface area contributed by atoms with Crippen LogP contribution in [-0.4, -0.2) is 40.6 Å². The van der Waals surface area contributed by atoms with Crippen molar-refractivity contribution in [2.45, 2.75) is 63.6 Å². The maximum atomic E-state index is 12.2. The first-order chi connectivity index (χ1) is 11.1. The monoisotopic (exact) mass is 323 g/mol. The molecule has 1 unspecified atom stereocenters. The van der Waals surface area contributed by atoms with Gasteiger partial charge in [0.05, 0.1) is 6.04 Å². The van der Waals surface area contributed by atoms with Gasteiger partial charge in [-0.3, -0.25) is 14.1 Å². The Bertz CT molecular complexity index is 615. The topological polar surface area (TPSA) is 99.3 Å². The van der Waals surface area contributed by atoms with Crippen LogP contribution >= 0.6 is 0 Å². The first kappa shape index (κ1) is 15.8. The number of amides is 2. The van der Waals surface area contributed by atoms with E-state index in [9.17, 15) is 14.4 Å². The predicted octanol–water partition coefficient (Wildman–Crippen LogP) is -0.305. The second kappa shape index (κ2) is 6.97. The van der Waals surface area contributed by atoms with Gasteiger partial charge < -0.3 is 10.2 Å². The molecule has 1 saturated carbocycles. The van der Waals surface area contributed by atoms with E-state index in [0.717, 1.165) is 12.8 Å². The van der Waals surface area contributed by atoms with Crippen LogP contribution in [0.1, 0.15) is 44.9 Å². The van der Waals surface area contributed by atoms with Crippen molar-refractivity contribution in [3.05, 3.63) is 16.6 Å². The number of nitrogens with one attached hydrogen (secondary N) is 2. The van der Waals surface area contributed by atoms with Gasteiger partial charge in [-0.15, -0.1) is 0 Å². The molecular formula is C15H23N4O4+. The lowest BCUT2D eigenvalue weighted by Gasteiger charge is -2.27. The SMILES string of the molecule is O=C(C[n+]1cc(=O)o[nH]1)NC1CC(=O)N(C2CCCCCC2)C1. The Morgan fingerprint density at radius 1 is 1.30 bits per heavy atom. The highest BCUT2D eigenvalue weighted by atomic mass is 16.5. The minimum atomic E-state index is -0.534. The number of nitrogens with zero attached hydrogens (tertiary/aromatic N) is 2. The van der Waals surface area contributed by atoms with Gasteiger partial charge in [-0.2, -0.15) is 0 Å². The lowest BCUT2D eigenvalue weighted by Crippen LogP contribution is -2.48. The summed E-state index contributed by atoms with van der Waals surface area (Å²) < 4.78 is 5.78. The van der Waals surface area contributed by atoms with Crippen molar-refractivity contribution in [1.82, 2.24) is 15.5 Å². The van der Waals surface area contributed by atoms with Crippen LogP contribution in [0.25, 0.3) is 0 Å². The molecular weight excluding hydrogens is 300 g/mol. The number of hydrogen-bond donors (Lipinski definition) is 2. The summed E-state index contributed by atoms with van der Waals surface area (Å²) in [5, 5.41) is 5.19. The summed E-state index contributed by atoms with van der Waals surface area (Å²) in [6, 6.07) is 0.170. The largest absolute Gasteiger partial charge is 0.426 e. The van der Waals surface area contributed by atoms with Crippen LogP contribution in [0.5, 0.6) is 0 Å². The van der Waals surface area contributed by atoms with E-state index in [4.69, 9.17) is 0 Å². The minimum Gasteiger partial charge on any atom is -0.345 e.